The van der Waals surface area contributed by atoms with E-state index in [0.29, 0.717) is 6.10 Å². The zero-order chi connectivity index (χ0) is 12.9. The highest BCUT2D eigenvalue weighted by Gasteiger charge is 2.26. The fourth-order valence-electron chi connectivity index (χ4n) is 2.87. The Labute approximate surface area is 108 Å². The first-order chi connectivity index (χ1) is 7.93. The minimum absolute atomic E-state index is 0.250. The lowest BCUT2D eigenvalue weighted by Gasteiger charge is -2.34. The molecule has 0 aromatic rings. The summed E-state index contributed by atoms with van der Waals surface area (Å²) in [5, 5.41) is 3.41. The maximum Gasteiger partial charge on any atom is 0.0580 e. The molecule has 1 saturated carbocycles. The van der Waals surface area contributed by atoms with Crippen LogP contribution in [-0.2, 0) is 4.74 Å². The SMILES string of the molecule is CCNCC(C)(C)COC1CC(C)CC(C)C1. The van der Waals surface area contributed by atoms with Crippen molar-refractivity contribution in [2.75, 3.05) is 19.7 Å². The summed E-state index contributed by atoms with van der Waals surface area (Å²) in [5.41, 5.74) is 0.250. The van der Waals surface area contributed by atoms with Crippen molar-refractivity contribution in [3.63, 3.8) is 0 Å². The van der Waals surface area contributed by atoms with Gasteiger partial charge in [-0.05, 0) is 37.6 Å². The highest BCUT2D eigenvalue weighted by Crippen LogP contribution is 2.31. The van der Waals surface area contributed by atoms with Gasteiger partial charge in [-0.3, -0.25) is 0 Å². The summed E-state index contributed by atoms with van der Waals surface area (Å²) in [7, 11) is 0. The number of ether oxygens (including phenoxy) is 1. The van der Waals surface area contributed by atoms with Gasteiger partial charge >= 0.3 is 0 Å². The molecule has 2 heteroatoms. The molecule has 102 valence electrons. The Morgan fingerprint density at radius 2 is 1.71 bits per heavy atom. The van der Waals surface area contributed by atoms with E-state index >= 15 is 0 Å². The van der Waals surface area contributed by atoms with Crippen molar-refractivity contribution in [2.45, 2.75) is 60.0 Å². The van der Waals surface area contributed by atoms with Gasteiger partial charge in [0.2, 0.25) is 0 Å². The van der Waals surface area contributed by atoms with Crippen LogP contribution in [0.2, 0.25) is 0 Å². The largest absolute Gasteiger partial charge is 0.378 e. The summed E-state index contributed by atoms with van der Waals surface area (Å²) >= 11 is 0. The third-order valence-electron chi connectivity index (χ3n) is 3.70. The summed E-state index contributed by atoms with van der Waals surface area (Å²) in [4.78, 5) is 0. The minimum Gasteiger partial charge on any atom is -0.378 e. The van der Waals surface area contributed by atoms with Crippen LogP contribution in [0.15, 0.2) is 0 Å². The van der Waals surface area contributed by atoms with Gasteiger partial charge in [0.25, 0.3) is 0 Å². The summed E-state index contributed by atoms with van der Waals surface area (Å²) in [6, 6.07) is 0. The van der Waals surface area contributed by atoms with E-state index in [1.54, 1.807) is 0 Å². The van der Waals surface area contributed by atoms with Crippen LogP contribution in [0.25, 0.3) is 0 Å². The summed E-state index contributed by atoms with van der Waals surface area (Å²) in [6.45, 7) is 14.4. The molecule has 1 aliphatic rings. The molecule has 0 radical (unpaired) electrons. The average Bonchev–Trinajstić information content (AvgIpc) is 2.23. The molecule has 0 aliphatic heterocycles. The molecule has 2 atom stereocenters. The molecule has 2 unspecified atom stereocenters. The van der Waals surface area contributed by atoms with Crippen LogP contribution in [0.3, 0.4) is 0 Å². The van der Waals surface area contributed by atoms with Gasteiger partial charge in [-0.1, -0.05) is 34.6 Å². The summed E-state index contributed by atoms with van der Waals surface area (Å²) in [6.07, 6.45) is 4.37. The summed E-state index contributed by atoms with van der Waals surface area (Å²) < 4.78 is 6.15. The van der Waals surface area contributed by atoms with Crippen LogP contribution < -0.4 is 5.32 Å². The predicted octanol–water partition coefficient (Wildman–Crippen LogP) is 3.46. The van der Waals surface area contributed by atoms with Crippen LogP contribution in [0.1, 0.15) is 53.9 Å². The molecular weight excluding hydrogens is 210 g/mol. The molecule has 1 N–H and O–H groups in total. The van der Waals surface area contributed by atoms with Crippen molar-refractivity contribution in [3.8, 4) is 0 Å². The van der Waals surface area contributed by atoms with Gasteiger partial charge in [-0.25, -0.2) is 0 Å². The molecule has 0 bridgehead atoms. The van der Waals surface area contributed by atoms with E-state index in [-0.39, 0.29) is 5.41 Å². The van der Waals surface area contributed by atoms with Gasteiger partial charge in [0.15, 0.2) is 0 Å². The molecule has 1 rings (SSSR count). The monoisotopic (exact) mass is 241 g/mol. The van der Waals surface area contributed by atoms with Crippen molar-refractivity contribution in [1.82, 2.24) is 5.32 Å². The lowest BCUT2D eigenvalue weighted by Crippen LogP contribution is -2.36. The second-order valence-electron chi connectivity index (χ2n) is 6.80. The standard InChI is InChI=1S/C15H31NO/c1-6-16-10-15(4,5)11-17-14-8-12(2)7-13(3)9-14/h12-14,16H,6-11H2,1-5H3. The Kier molecular flexibility index (Phi) is 5.94. The van der Waals surface area contributed by atoms with Crippen molar-refractivity contribution in [3.05, 3.63) is 0 Å². The Hall–Kier alpha value is -0.0800. The molecule has 0 aromatic heterocycles. The zero-order valence-electron chi connectivity index (χ0n) is 12.4. The predicted molar refractivity (Wildman–Crippen MR) is 74.2 cm³/mol. The van der Waals surface area contributed by atoms with Crippen LogP contribution in [0.5, 0.6) is 0 Å². The topological polar surface area (TPSA) is 21.3 Å². The highest BCUT2D eigenvalue weighted by atomic mass is 16.5. The first-order valence-corrected chi connectivity index (χ1v) is 7.25. The van der Waals surface area contributed by atoms with Crippen molar-refractivity contribution in [2.24, 2.45) is 17.3 Å². The Bertz CT molecular complexity index is 205. The molecule has 1 fully saturated rings. The van der Waals surface area contributed by atoms with Crippen molar-refractivity contribution >= 4 is 0 Å². The normalized spacial score (nSPS) is 30.5. The third kappa shape index (κ3) is 5.87. The maximum absolute atomic E-state index is 6.15. The average molecular weight is 241 g/mol. The number of nitrogens with one attached hydrogen (secondary N) is 1. The van der Waals surface area contributed by atoms with Gasteiger partial charge in [-0.15, -0.1) is 0 Å². The van der Waals surface area contributed by atoms with E-state index in [1.807, 2.05) is 0 Å². The molecule has 17 heavy (non-hydrogen) atoms. The second kappa shape index (κ2) is 6.75. The molecule has 0 saturated heterocycles. The van der Waals surface area contributed by atoms with Crippen LogP contribution in [0, 0.1) is 17.3 Å². The Morgan fingerprint density at radius 3 is 2.24 bits per heavy atom. The van der Waals surface area contributed by atoms with E-state index in [2.05, 4.69) is 39.9 Å². The number of rotatable bonds is 6. The smallest absolute Gasteiger partial charge is 0.0580 e. The molecule has 2 nitrogen and oxygen atoms in total. The molecule has 0 spiro atoms. The molecule has 0 amide bonds. The lowest BCUT2D eigenvalue weighted by molar-refractivity contribution is -0.0338. The molecular formula is C15H31NO. The Morgan fingerprint density at radius 1 is 1.12 bits per heavy atom. The van der Waals surface area contributed by atoms with E-state index < -0.39 is 0 Å². The lowest BCUT2D eigenvalue weighted by atomic mass is 9.81. The van der Waals surface area contributed by atoms with E-state index in [9.17, 15) is 0 Å². The zero-order valence-corrected chi connectivity index (χ0v) is 12.4. The summed E-state index contributed by atoms with van der Waals surface area (Å²) in [5.74, 6) is 1.67. The van der Waals surface area contributed by atoms with E-state index in [1.165, 1.54) is 19.3 Å². The highest BCUT2D eigenvalue weighted by molar-refractivity contribution is 4.77. The van der Waals surface area contributed by atoms with Gasteiger partial charge < -0.3 is 10.1 Å². The van der Waals surface area contributed by atoms with Gasteiger partial charge in [-0.2, -0.15) is 0 Å². The molecule has 1 aliphatic carbocycles. The maximum atomic E-state index is 6.15. The van der Waals surface area contributed by atoms with Gasteiger partial charge in [0, 0.05) is 12.0 Å². The number of hydrogen-bond acceptors (Lipinski definition) is 2. The van der Waals surface area contributed by atoms with Gasteiger partial charge in [0.05, 0.1) is 12.7 Å². The molecule has 0 aromatic carbocycles. The number of hydrogen-bond donors (Lipinski definition) is 1. The van der Waals surface area contributed by atoms with Crippen molar-refractivity contribution in [1.29, 1.82) is 0 Å². The van der Waals surface area contributed by atoms with Crippen molar-refractivity contribution < 1.29 is 4.74 Å². The van der Waals surface area contributed by atoms with Crippen LogP contribution in [0.4, 0.5) is 0 Å². The van der Waals surface area contributed by atoms with E-state index in [0.717, 1.165) is 31.5 Å². The third-order valence-corrected chi connectivity index (χ3v) is 3.70. The fraction of sp³-hybridized carbons (Fsp3) is 1.00. The van der Waals surface area contributed by atoms with Gasteiger partial charge in [0.1, 0.15) is 0 Å². The molecule has 0 heterocycles. The minimum atomic E-state index is 0.250. The first kappa shape index (κ1) is 15.0. The van der Waals surface area contributed by atoms with E-state index in [4.69, 9.17) is 4.74 Å². The van der Waals surface area contributed by atoms with Crippen LogP contribution in [-0.4, -0.2) is 25.8 Å². The quantitative estimate of drug-likeness (QED) is 0.769. The fourth-order valence-corrected chi connectivity index (χ4v) is 2.87. The Balaban J connectivity index is 2.29. The first-order valence-electron chi connectivity index (χ1n) is 7.25. The second-order valence-corrected chi connectivity index (χ2v) is 6.80. The van der Waals surface area contributed by atoms with Crippen LogP contribution >= 0.6 is 0 Å².